The van der Waals surface area contributed by atoms with E-state index in [4.69, 9.17) is 16.3 Å². The molecule has 1 saturated carbocycles. The maximum absolute atomic E-state index is 12.7. The average Bonchev–Trinajstić information content (AvgIpc) is 3.02. The van der Waals surface area contributed by atoms with Crippen LogP contribution in [0, 0.1) is 5.41 Å². The second-order valence-corrected chi connectivity index (χ2v) is 6.56. The molecule has 0 aromatic carbocycles. The Balaban J connectivity index is 2.07. The van der Waals surface area contributed by atoms with Crippen molar-refractivity contribution in [2.24, 2.45) is 5.41 Å². The number of nitrogens with zero attached hydrogens (tertiary/aromatic N) is 2. The van der Waals surface area contributed by atoms with E-state index in [1.165, 1.54) is 0 Å². The maximum Gasteiger partial charge on any atom is 0.315 e. The van der Waals surface area contributed by atoms with E-state index in [0.29, 0.717) is 30.2 Å². The van der Waals surface area contributed by atoms with E-state index in [9.17, 15) is 9.90 Å². The summed E-state index contributed by atoms with van der Waals surface area (Å²) in [6.07, 6.45) is 6.46. The highest BCUT2D eigenvalue weighted by Crippen LogP contribution is 2.47. The van der Waals surface area contributed by atoms with Crippen molar-refractivity contribution in [3.63, 3.8) is 0 Å². The SMILES string of the molecule is CCOC(=O)C1(C(O)c2cc(Cl)cc3cncn23)CCCCC1. The lowest BCUT2D eigenvalue weighted by Crippen LogP contribution is -2.41. The fraction of sp³-hybridized carbons (Fsp3) is 0.529. The van der Waals surface area contributed by atoms with E-state index in [0.717, 1.165) is 24.8 Å². The quantitative estimate of drug-likeness (QED) is 0.867. The van der Waals surface area contributed by atoms with Crippen LogP contribution in [0.1, 0.15) is 50.8 Å². The zero-order chi connectivity index (χ0) is 16.4. The van der Waals surface area contributed by atoms with Gasteiger partial charge in [0.25, 0.3) is 0 Å². The molecule has 1 atom stereocenters. The molecule has 1 aliphatic carbocycles. The Labute approximate surface area is 140 Å². The number of carbonyl (C=O) groups is 1. The zero-order valence-electron chi connectivity index (χ0n) is 13.2. The first-order valence-corrected chi connectivity index (χ1v) is 8.43. The Kier molecular flexibility index (Phi) is 4.60. The molecule has 0 spiro atoms. The van der Waals surface area contributed by atoms with Crippen molar-refractivity contribution in [2.45, 2.75) is 45.1 Å². The Hall–Kier alpha value is -1.59. The molecule has 0 aliphatic heterocycles. The maximum atomic E-state index is 12.7. The smallest absolute Gasteiger partial charge is 0.315 e. The van der Waals surface area contributed by atoms with E-state index in [-0.39, 0.29) is 5.97 Å². The van der Waals surface area contributed by atoms with Gasteiger partial charge < -0.3 is 14.2 Å². The first kappa shape index (κ1) is 16.3. The molecule has 0 amide bonds. The van der Waals surface area contributed by atoms with Crippen LogP contribution in [0.15, 0.2) is 24.7 Å². The first-order chi connectivity index (χ1) is 11.1. The number of aliphatic hydroxyl groups excluding tert-OH is 1. The van der Waals surface area contributed by atoms with Gasteiger partial charge in [-0.15, -0.1) is 0 Å². The number of ether oxygens (including phenoxy) is 1. The van der Waals surface area contributed by atoms with Crippen LogP contribution in [0.25, 0.3) is 5.52 Å². The largest absolute Gasteiger partial charge is 0.465 e. The van der Waals surface area contributed by atoms with Crippen molar-refractivity contribution in [1.82, 2.24) is 9.38 Å². The molecule has 2 aromatic rings. The summed E-state index contributed by atoms with van der Waals surface area (Å²) in [6.45, 7) is 2.09. The predicted octanol–water partition coefficient (Wildman–Crippen LogP) is 3.53. The Morgan fingerprint density at radius 2 is 2.17 bits per heavy atom. The van der Waals surface area contributed by atoms with Gasteiger partial charge in [0.05, 0.1) is 35.8 Å². The van der Waals surface area contributed by atoms with Crippen LogP contribution in [0.3, 0.4) is 0 Å². The molecule has 1 N–H and O–H groups in total. The van der Waals surface area contributed by atoms with Crippen molar-refractivity contribution in [2.75, 3.05) is 6.61 Å². The molecule has 5 nitrogen and oxygen atoms in total. The van der Waals surface area contributed by atoms with Crippen molar-refractivity contribution in [1.29, 1.82) is 0 Å². The molecule has 1 fully saturated rings. The standard InChI is InChI=1S/C17H21ClN2O3/c1-2-23-16(22)17(6-4-3-5-7-17)15(21)14-9-12(18)8-13-10-19-11-20(13)14/h8-11,15,21H,2-7H2,1H3. The second kappa shape index (κ2) is 6.49. The van der Waals surface area contributed by atoms with Crippen molar-refractivity contribution < 1.29 is 14.6 Å². The number of hydrogen-bond acceptors (Lipinski definition) is 4. The van der Waals surface area contributed by atoms with Gasteiger partial charge in [-0.25, -0.2) is 4.98 Å². The van der Waals surface area contributed by atoms with E-state index >= 15 is 0 Å². The third kappa shape index (κ3) is 2.83. The second-order valence-electron chi connectivity index (χ2n) is 6.13. The molecule has 1 aliphatic rings. The lowest BCUT2D eigenvalue weighted by Gasteiger charge is -2.38. The van der Waals surface area contributed by atoms with E-state index in [1.807, 2.05) is 0 Å². The summed E-state index contributed by atoms with van der Waals surface area (Å²) >= 11 is 6.18. The molecule has 1 unspecified atom stereocenters. The number of halogens is 1. The summed E-state index contributed by atoms with van der Waals surface area (Å²) in [5, 5.41) is 11.6. The van der Waals surface area contributed by atoms with Gasteiger partial charge in [0.15, 0.2) is 0 Å². The van der Waals surface area contributed by atoms with Crippen LogP contribution in [-0.2, 0) is 9.53 Å². The molecule has 2 heterocycles. The minimum absolute atomic E-state index is 0.309. The molecule has 124 valence electrons. The fourth-order valence-electron chi connectivity index (χ4n) is 3.56. The number of aromatic nitrogens is 2. The van der Waals surface area contributed by atoms with E-state index in [1.54, 1.807) is 36.0 Å². The molecule has 0 bridgehead atoms. The highest BCUT2D eigenvalue weighted by atomic mass is 35.5. The number of pyridine rings is 1. The third-order valence-corrected chi connectivity index (χ3v) is 4.97. The van der Waals surface area contributed by atoms with Crippen LogP contribution in [0.4, 0.5) is 0 Å². The Bertz CT molecular complexity index is 707. The van der Waals surface area contributed by atoms with Crippen molar-refractivity contribution in [3.8, 4) is 0 Å². The molecule has 23 heavy (non-hydrogen) atoms. The van der Waals surface area contributed by atoms with Crippen LogP contribution in [0.2, 0.25) is 5.02 Å². The van der Waals surface area contributed by atoms with Crippen LogP contribution < -0.4 is 0 Å². The number of esters is 1. The normalized spacial score (nSPS) is 18.7. The molecule has 3 rings (SSSR count). The summed E-state index contributed by atoms with van der Waals surface area (Å²) in [5.41, 5.74) is 0.470. The van der Waals surface area contributed by atoms with Crippen LogP contribution >= 0.6 is 11.6 Å². The van der Waals surface area contributed by atoms with Gasteiger partial charge in [0, 0.05) is 5.02 Å². The van der Waals surface area contributed by atoms with Crippen LogP contribution in [-0.4, -0.2) is 27.1 Å². The van der Waals surface area contributed by atoms with E-state index < -0.39 is 11.5 Å². The van der Waals surface area contributed by atoms with Gasteiger partial charge in [-0.3, -0.25) is 4.79 Å². The average molecular weight is 337 g/mol. The van der Waals surface area contributed by atoms with Gasteiger partial charge >= 0.3 is 5.97 Å². The highest BCUT2D eigenvalue weighted by molar-refractivity contribution is 6.31. The van der Waals surface area contributed by atoms with Gasteiger partial charge in [0.2, 0.25) is 0 Å². The predicted molar refractivity (Wildman–Crippen MR) is 87.3 cm³/mol. The lowest BCUT2D eigenvalue weighted by molar-refractivity contribution is -0.167. The van der Waals surface area contributed by atoms with Gasteiger partial charge in [-0.2, -0.15) is 0 Å². The molecule has 0 radical (unpaired) electrons. The van der Waals surface area contributed by atoms with Gasteiger partial charge in [-0.05, 0) is 31.9 Å². The fourth-order valence-corrected chi connectivity index (χ4v) is 3.79. The number of imidazole rings is 1. The number of hydrogen-bond donors (Lipinski definition) is 1. The van der Waals surface area contributed by atoms with Gasteiger partial charge in [0.1, 0.15) is 6.10 Å². The topological polar surface area (TPSA) is 63.8 Å². The Morgan fingerprint density at radius 3 is 2.87 bits per heavy atom. The Morgan fingerprint density at radius 1 is 1.43 bits per heavy atom. The van der Waals surface area contributed by atoms with Gasteiger partial charge in [-0.1, -0.05) is 30.9 Å². The third-order valence-electron chi connectivity index (χ3n) is 4.75. The molecule has 6 heteroatoms. The number of rotatable bonds is 4. The highest BCUT2D eigenvalue weighted by Gasteiger charge is 2.48. The summed E-state index contributed by atoms with van der Waals surface area (Å²) < 4.78 is 7.08. The van der Waals surface area contributed by atoms with Crippen molar-refractivity contribution in [3.05, 3.63) is 35.4 Å². The van der Waals surface area contributed by atoms with E-state index in [2.05, 4.69) is 4.98 Å². The number of carbonyl (C=O) groups excluding carboxylic acids is 1. The summed E-state index contributed by atoms with van der Waals surface area (Å²) in [5.74, 6) is -0.319. The zero-order valence-corrected chi connectivity index (χ0v) is 13.9. The van der Waals surface area contributed by atoms with Crippen LogP contribution in [0.5, 0.6) is 0 Å². The molecular formula is C17H21ClN2O3. The van der Waals surface area contributed by atoms with Crippen molar-refractivity contribution >= 4 is 23.1 Å². The lowest BCUT2D eigenvalue weighted by atomic mass is 9.69. The molecule has 0 saturated heterocycles. The summed E-state index contributed by atoms with van der Waals surface area (Å²) in [7, 11) is 0. The number of fused-ring (bicyclic) bond motifs is 1. The summed E-state index contributed by atoms with van der Waals surface area (Å²) in [4.78, 5) is 16.8. The first-order valence-electron chi connectivity index (χ1n) is 8.05. The minimum atomic E-state index is -0.975. The molecular weight excluding hydrogens is 316 g/mol. The monoisotopic (exact) mass is 336 g/mol. The summed E-state index contributed by atoms with van der Waals surface area (Å²) in [6, 6.07) is 3.49. The molecule has 2 aromatic heterocycles. The minimum Gasteiger partial charge on any atom is -0.465 e. The number of aliphatic hydroxyl groups is 1.